The molecular weight excluding hydrogens is 272 g/mol. The van der Waals surface area contributed by atoms with Gasteiger partial charge in [-0.25, -0.2) is 0 Å². The normalized spacial score (nSPS) is 17.9. The minimum atomic E-state index is -0.239. The summed E-state index contributed by atoms with van der Waals surface area (Å²) in [5.41, 5.74) is 1.39. The van der Waals surface area contributed by atoms with Gasteiger partial charge in [-0.05, 0) is 35.9 Å². The molecule has 5 heteroatoms. The second-order valence-corrected chi connectivity index (χ2v) is 5.90. The summed E-state index contributed by atoms with van der Waals surface area (Å²) >= 11 is 1.76. The Morgan fingerprint density at radius 1 is 1.45 bits per heavy atom. The molecule has 1 N–H and O–H groups in total. The Morgan fingerprint density at radius 3 is 3.05 bits per heavy atom. The van der Waals surface area contributed by atoms with E-state index in [0.717, 1.165) is 12.8 Å². The van der Waals surface area contributed by atoms with E-state index in [2.05, 4.69) is 23.4 Å². The maximum absolute atomic E-state index is 12.6. The number of carbonyl (C=O) groups excluding carboxylic acids is 1. The molecule has 0 fully saturated rings. The van der Waals surface area contributed by atoms with Gasteiger partial charge >= 0.3 is 0 Å². The van der Waals surface area contributed by atoms with Crippen LogP contribution in [-0.4, -0.2) is 22.3 Å². The highest BCUT2D eigenvalue weighted by atomic mass is 32.1. The Bertz CT molecular complexity index is 689. The van der Waals surface area contributed by atoms with E-state index >= 15 is 0 Å². The topological polar surface area (TPSA) is 53.2 Å². The molecule has 1 aliphatic rings. The molecule has 20 heavy (non-hydrogen) atoms. The number of amides is 1. The average molecular weight is 288 g/mol. The zero-order valence-electron chi connectivity index (χ0n) is 11.3. The van der Waals surface area contributed by atoms with Crippen LogP contribution < -0.4 is 5.56 Å². The number of H-pyrrole nitrogens is 1. The average Bonchev–Trinajstić information content (AvgIpc) is 2.93. The van der Waals surface area contributed by atoms with Crippen LogP contribution in [0.3, 0.4) is 0 Å². The lowest BCUT2D eigenvalue weighted by molar-refractivity contribution is 0.0651. The highest BCUT2D eigenvalue weighted by Crippen LogP contribution is 2.35. The number of rotatable bonds is 2. The largest absolute Gasteiger partial charge is 0.330 e. The first-order valence-corrected chi connectivity index (χ1v) is 7.65. The summed E-state index contributed by atoms with van der Waals surface area (Å²) in [5, 5.41) is 2.09. The molecule has 2 aromatic heterocycles. The number of thiophene rings is 1. The zero-order valence-corrected chi connectivity index (χ0v) is 12.1. The Hall–Kier alpha value is -1.88. The highest BCUT2D eigenvalue weighted by molar-refractivity contribution is 7.10. The number of carbonyl (C=O) groups is 1. The number of nitrogens with one attached hydrogen (secondary N) is 1. The third-order valence-electron chi connectivity index (χ3n) is 3.74. The van der Waals surface area contributed by atoms with Crippen molar-refractivity contribution in [3.05, 3.63) is 56.1 Å². The van der Waals surface area contributed by atoms with Crippen LogP contribution in [0.4, 0.5) is 0 Å². The van der Waals surface area contributed by atoms with Crippen molar-refractivity contribution >= 4 is 17.2 Å². The van der Waals surface area contributed by atoms with Crippen molar-refractivity contribution in [3.8, 4) is 0 Å². The van der Waals surface area contributed by atoms with Crippen LogP contribution in [0.5, 0.6) is 0 Å². The van der Waals surface area contributed by atoms with Crippen molar-refractivity contribution < 1.29 is 4.79 Å². The van der Waals surface area contributed by atoms with Crippen molar-refractivity contribution in [1.82, 2.24) is 9.88 Å². The third kappa shape index (κ3) is 2.18. The predicted octanol–water partition coefficient (Wildman–Crippen LogP) is 2.59. The fourth-order valence-electron chi connectivity index (χ4n) is 2.81. The molecule has 1 atom stereocenters. The summed E-state index contributed by atoms with van der Waals surface area (Å²) in [6.07, 6.45) is 1.78. The molecule has 0 radical (unpaired) electrons. The first kappa shape index (κ1) is 13.1. The van der Waals surface area contributed by atoms with Gasteiger partial charge in [0.1, 0.15) is 5.69 Å². The first-order chi connectivity index (χ1) is 9.70. The van der Waals surface area contributed by atoms with E-state index in [1.165, 1.54) is 16.5 Å². The van der Waals surface area contributed by atoms with Crippen LogP contribution in [-0.2, 0) is 6.42 Å². The van der Waals surface area contributed by atoms with Crippen molar-refractivity contribution in [1.29, 1.82) is 0 Å². The Kier molecular flexibility index (Phi) is 3.44. The smallest absolute Gasteiger partial charge is 0.270 e. The molecule has 104 valence electrons. The van der Waals surface area contributed by atoms with E-state index in [0.29, 0.717) is 12.2 Å². The van der Waals surface area contributed by atoms with Gasteiger partial charge in [-0.2, -0.15) is 0 Å². The van der Waals surface area contributed by atoms with Crippen LogP contribution in [0.15, 0.2) is 34.4 Å². The maximum Gasteiger partial charge on any atom is 0.270 e. The summed E-state index contributed by atoms with van der Waals surface area (Å²) in [7, 11) is 0. The molecule has 3 heterocycles. The summed E-state index contributed by atoms with van der Waals surface area (Å²) in [6, 6.07) is 6.93. The number of aromatic nitrogens is 1. The Labute approximate surface area is 121 Å². The molecule has 3 rings (SSSR count). The number of aromatic amines is 1. The molecular formula is C15H16N2O2S. The van der Waals surface area contributed by atoms with Crippen molar-refractivity contribution in [3.63, 3.8) is 0 Å². The maximum atomic E-state index is 12.6. The lowest BCUT2D eigenvalue weighted by atomic mass is 9.97. The lowest BCUT2D eigenvalue weighted by Gasteiger charge is -2.35. The van der Waals surface area contributed by atoms with Crippen molar-refractivity contribution in [2.24, 2.45) is 0 Å². The van der Waals surface area contributed by atoms with E-state index in [1.54, 1.807) is 23.5 Å². The van der Waals surface area contributed by atoms with Crippen LogP contribution in [0.2, 0.25) is 0 Å². The van der Waals surface area contributed by atoms with Gasteiger partial charge in [0.15, 0.2) is 0 Å². The second-order valence-electron chi connectivity index (χ2n) is 4.90. The standard InChI is InChI=1S/C15H16N2O2S/c1-2-12-10-7-9-20-13(10)6-8-17(12)15(19)11-4-3-5-14(18)16-11/h3-5,7,9,12H,2,6,8H2,1H3,(H,16,18). The third-order valence-corrected chi connectivity index (χ3v) is 4.74. The highest BCUT2D eigenvalue weighted by Gasteiger charge is 2.31. The van der Waals surface area contributed by atoms with Crippen LogP contribution in [0.1, 0.15) is 40.3 Å². The number of hydrogen-bond acceptors (Lipinski definition) is 3. The number of nitrogens with zero attached hydrogens (tertiary/aromatic N) is 1. The van der Waals surface area contributed by atoms with Crippen molar-refractivity contribution in [2.75, 3.05) is 6.54 Å². The van der Waals surface area contributed by atoms with Gasteiger partial charge in [-0.15, -0.1) is 11.3 Å². The van der Waals surface area contributed by atoms with Gasteiger partial charge in [-0.1, -0.05) is 13.0 Å². The molecule has 0 saturated carbocycles. The van der Waals surface area contributed by atoms with E-state index in [-0.39, 0.29) is 17.5 Å². The number of pyridine rings is 1. The summed E-state index contributed by atoms with van der Waals surface area (Å²) < 4.78 is 0. The van der Waals surface area contributed by atoms with E-state index in [9.17, 15) is 9.59 Å². The molecule has 0 saturated heterocycles. The van der Waals surface area contributed by atoms with Crippen molar-refractivity contribution in [2.45, 2.75) is 25.8 Å². The minimum absolute atomic E-state index is 0.0913. The fraction of sp³-hybridized carbons (Fsp3) is 0.333. The molecule has 1 amide bonds. The van der Waals surface area contributed by atoms with Crippen LogP contribution in [0, 0.1) is 0 Å². The molecule has 0 bridgehead atoms. The molecule has 0 spiro atoms. The van der Waals surface area contributed by atoms with E-state index < -0.39 is 0 Å². The monoisotopic (exact) mass is 288 g/mol. The summed E-state index contributed by atoms with van der Waals surface area (Å²) in [6.45, 7) is 2.80. The molecule has 2 aromatic rings. The van der Waals surface area contributed by atoms with Crippen LogP contribution in [0.25, 0.3) is 0 Å². The molecule has 4 nitrogen and oxygen atoms in total. The van der Waals surface area contributed by atoms with Crippen LogP contribution >= 0.6 is 11.3 Å². The number of hydrogen-bond donors (Lipinski definition) is 1. The molecule has 0 aromatic carbocycles. The van der Waals surface area contributed by atoms with Gasteiger partial charge < -0.3 is 9.88 Å². The first-order valence-electron chi connectivity index (χ1n) is 6.77. The van der Waals surface area contributed by atoms with Gasteiger partial charge in [-0.3, -0.25) is 9.59 Å². The van der Waals surface area contributed by atoms with E-state index in [4.69, 9.17) is 0 Å². The van der Waals surface area contributed by atoms with E-state index in [1.807, 2.05) is 4.90 Å². The quantitative estimate of drug-likeness (QED) is 0.923. The molecule has 1 aliphatic heterocycles. The van der Waals surface area contributed by atoms with Gasteiger partial charge in [0, 0.05) is 17.5 Å². The zero-order chi connectivity index (χ0) is 14.1. The van der Waals surface area contributed by atoms with Gasteiger partial charge in [0.25, 0.3) is 5.91 Å². The SMILES string of the molecule is CCC1c2ccsc2CCN1C(=O)c1cccc(=O)[nH]1. The van der Waals surface area contributed by atoms with Gasteiger partial charge in [0.2, 0.25) is 5.56 Å². The summed E-state index contributed by atoms with van der Waals surface area (Å²) in [5.74, 6) is -0.0913. The Balaban J connectivity index is 1.94. The minimum Gasteiger partial charge on any atom is -0.330 e. The predicted molar refractivity (Wildman–Crippen MR) is 79.2 cm³/mol. The Morgan fingerprint density at radius 2 is 2.30 bits per heavy atom. The lowest BCUT2D eigenvalue weighted by Crippen LogP contribution is -2.40. The molecule has 1 unspecified atom stereocenters. The second kappa shape index (κ2) is 5.25. The molecule has 0 aliphatic carbocycles. The van der Waals surface area contributed by atoms with Gasteiger partial charge in [0.05, 0.1) is 6.04 Å². The number of fused-ring (bicyclic) bond motifs is 1. The summed E-state index contributed by atoms with van der Waals surface area (Å²) in [4.78, 5) is 29.8. The fourth-order valence-corrected chi connectivity index (χ4v) is 3.74.